The number of fused-ring (bicyclic) bond motifs is 1. The molecule has 1 aromatic carbocycles. The molecule has 0 spiro atoms. The van der Waals surface area contributed by atoms with Crippen molar-refractivity contribution in [1.29, 1.82) is 0 Å². The van der Waals surface area contributed by atoms with Crippen LogP contribution in [0.5, 0.6) is 0 Å². The highest BCUT2D eigenvalue weighted by molar-refractivity contribution is 6.11. The zero-order valence-corrected chi connectivity index (χ0v) is 16.6. The van der Waals surface area contributed by atoms with E-state index in [9.17, 15) is 24.5 Å². The molecule has 154 valence electrons. The fraction of sp³-hybridized carbons (Fsp3) is 0.476. The molecule has 0 saturated heterocycles. The van der Waals surface area contributed by atoms with Gasteiger partial charge in [0.2, 0.25) is 12.3 Å². The number of nitrogens with one attached hydrogen (secondary N) is 1. The van der Waals surface area contributed by atoms with Gasteiger partial charge in [0, 0.05) is 45.3 Å². The van der Waals surface area contributed by atoms with Crippen molar-refractivity contribution >= 4 is 28.4 Å². The van der Waals surface area contributed by atoms with Gasteiger partial charge in [0.05, 0.1) is 6.42 Å². The first-order valence-corrected chi connectivity index (χ1v) is 9.64. The number of hydrogen-bond acceptors (Lipinski definition) is 6. The van der Waals surface area contributed by atoms with Gasteiger partial charge in [-0.25, -0.2) is 0 Å². The van der Waals surface area contributed by atoms with E-state index in [2.05, 4.69) is 4.98 Å². The summed E-state index contributed by atoms with van der Waals surface area (Å²) in [5.74, 6) is -2.57. The van der Waals surface area contributed by atoms with Crippen molar-refractivity contribution in [2.75, 3.05) is 6.54 Å². The Bertz CT molecular complexity index is 979. The third-order valence-corrected chi connectivity index (χ3v) is 5.75. The number of carbonyl (C=O) groups is 3. The van der Waals surface area contributed by atoms with Gasteiger partial charge in [-0.1, -0.05) is 25.1 Å². The van der Waals surface area contributed by atoms with Gasteiger partial charge in [-0.3, -0.25) is 24.5 Å². The molecular weight excluding hydrogens is 376 g/mol. The van der Waals surface area contributed by atoms with E-state index in [4.69, 9.17) is 4.74 Å². The summed E-state index contributed by atoms with van der Waals surface area (Å²) in [6.07, 6.45) is -1.05. The molecule has 0 unspecified atom stereocenters. The SMILES string of the molecule is Cc1[nH]c2ccccc2c1C(=O)[C@H](C)OC(=O)C[C@@H]1C(=O)C[C@@H](C)[C@H]1C[N+](=O)[O-]. The lowest BCUT2D eigenvalue weighted by atomic mass is 9.88. The average molecular weight is 400 g/mol. The Kier molecular flexibility index (Phi) is 5.81. The number of hydrogen-bond donors (Lipinski definition) is 1. The number of benzene rings is 1. The van der Waals surface area contributed by atoms with Crippen molar-refractivity contribution in [1.82, 2.24) is 4.98 Å². The van der Waals surface area contributed by atoms with Crippen molar-refractivity contribution < 1.29 is 24.0 Å². The number of carbonyl (C=O) groups excluding carboxylic acids is 3. The van der Waals surface area contributed by atoms with Crippen LogP contribution in [0, 0.1) is 34.8 Å². The van der Waals surface area contributed by atoms with Crippen molar-refractivity contribution in [2.45, 2.75) is 39.7 Å². The second-order valence-corrected chi connectivity index (χ2v) is 7.80. The molecule has 8 nitrogen and oxygen atoms in total. The quantitative estimate of drug-likeness (QED) is 0.330. The first-order chi connectivity index (χ1) is 13.7. The van der Waals surface area contributed by atoms with E-state index in [1.54, 1.807) is 13.8 Å². The van der Waals surface area contributed by atoms with E-state index in [1.807, 2.05) is 24.3 Å². The lowest BCUT2D eigenvalue weighted by molar-refractivity contribution is -0.490. The lowest BCUT2D eigenvalue weighted by Crippen LogP contribution is -2.30. The maximum atomic E-state index is 12.9. The lowest BCUT2D eigenvalue weighted by Gasteiger charge is -2.18. The van der Waals surface area contributed by atoms with E-state index in [0.717, 1.165) is 10.9 Å². The summed E-state index contributed by atoms with van der Waals surface area (Å²) in [4.78, 5) is 51.1. The van der Waals surface area contributed by atoms with Crippen LogP contribution in [-0.2, 0) is 14.3 Å². The molecule has 8 heteroatoms. The minimum Gasteiger partial charge on any atom is -0.454 e. The molecule has 4 atom stereocenters. The van der Waals surface area contributed by atoms with E-state index in [0.29, 0.717) is 11.3 Å². The van der Waals surface area contributed by atoms with Gasteiger partial charge in [-0.05, 0) is 25.8 Å². The number of nitrogens with zero attached hydrogens (tertiary/aromatic N) is 1. The molecule has 1 aromatic heterocycles. The summed E-state index contributed by atoms with van der Waals surface area (Å²) in [5, 5.41) is 11.7. The largest absolute Gasteiger partial charge is 0.454 e. The van der Waals surface area contributed by atoms with E-state index in [1.165, 1.54) is 6.92 Å². The van der Waals surface area contributed by atoms with Crippen molar-refractivity contribution in [3.05, 3.63) is 45.6 Å². The molecule has 1 fully saturated rings. The van der Waals surface area contributed by atoms with Gasteiger partial charge in [-0.15, -0.1) is 0 Å². The molecule has 0 amide bonds. The number of ether oxygens (including phenoxy) is 1. The number of nitro groups is 1. The standard InChI is InChI=1S/C21H24N2O6/c1-11-8-18(24)15(16(11)10-23(27)28)9-19(25)29-13(3)21(26)20-12(2)22-17-7-5-4-6-14(17)20/h4-7,11,13,15-16,22H,8-10H2,1-3H3/t11-,13+,15+,16-/m1/s1. The van der Waals surface area contributed by atoms with Gasteiger partial charge in [0.25, 0.3) is 0 Å². The third-order valence-electron chi connectivity index (χ3n) is 5.75. The smallest absolute Gasteiger partial charge is 0.307 e. The molecular formula is C21H24N2O6. The molecule has 0 bridgehead atoms. The van der Waals surface area contributed by atoms with Crippen molar-refractivity contribution in [3.63, 3.8) is 0 Å². The molecule has 3 rings (SSSR count). The summed E-state index contributed by atoms with van der Waals surface area (Å²) in [5.41, 5.74) is 1.97. The molecule has 1 aliphatic rings. The number of aryl methyl sites for hydroxylation is 1. The number of H-pyrrole nitrogens is 1. The zero-order chi connectivity index (χ0) is 21.3. The predicted octanol–water partition coefficient (Wildman–Crippen LogP) is 3.10. The van der Waals surface area contributed by atoms with Crippen LogP contribution in [0.1, 0.15) is 42.7 Å². The number of rotatable bonds is 7. The molecule has 1 saturated carbocycles. The molecule has 0 aliphatic heterocycles. The number of Topliss-reactive ketones (excluding diaryl/α,β-unsaturated/α-hetero) is 2. The normalized spacial score (nSPS) is 22.6. The van der Waals surface area contributed by atoms with Gasteiger partial charge in [0.1, 0.15) is 5.78 Å². The van der Waals surface area contributed by atoms with Crippen LogP contribution < -0.4 is 0 Å². The zero-order valence-electron chi connectivity index (χ0n) is 16.6. The van der Waals surface area contributed by atoms with Gasteiger partial charge in [-0.2, -0.15) is 0 Å². The van der Waals surface area contributed by atoms with E-state index >= 15 is 0 Å². The van der Waals surface area contributed by atoms with Crippen LogP contribution in [0.15, 0.2) is 24.3 Å². The summed E-state index contributed by atoms with van der Waals surface area (Å²) < 4.78 is 5.31. The van der Waals surface area contributed by atoms with Crippen LogP contribution in [-0.4, -0.2) is 40.1 Å². The highest BCUT2D eigenvalue weighted by Gasteiger charge is 2.44. The van der Waals surface area contributed by atoms with Crippen molar-refractivity contribution in [2.24, 2.45) is 17.8 Å². The van der Waals surface area contributed by atoms with Gasteiger partial charge < -0.3 is 9.72 Å². The summed E-state index contributed by atoms with van der Waals surface area (Å²) >= 11 is 0. The van der Waals surface area contributed by atoms with Gasteiger partial charge >= 0.3 is 5.97 Å². The molecule has 2 aromatic rings. The van der Waals surface area contributed by atoms with Crippen LogP contribution in [0.2, 0.25) is 0 Å². The highest BCUT2D eigenvalue weighted by atomic mass is 16.6. The van der Waals surface area contributed by atoms with Crippen LogP contribution >= 0.6 is 0 Å². The number of esters is 1. The summed E-state index contributed by atoms with van der Waals surface area (Å²) in [6.45, 7) is 4.70. The Labute approximate surface area is 167 Å². The van der Waals surface area contributed by atoms with Gasteiger partial charge in [0.15, 0.2) is 6.10 Å². The summed E-state index contributed by atoms with van der Waals surface area (Å²) in [7, 11) is 0. The van der Waals surface area contributed by atoms with E-state index in [-0.39, 0.29) is 36.9 Å². The Morgan fingerprint density at radius 3 is 2.72 bits per heavy atom. The van der Waals surface area contributed by atoms with Crippen LogP contribution in [0.3, 0.4) is 0 Å². The monoisotopic (exact) mass is 400 g/mol. The van der Waals surface area contributed by atoms with Crippen LogP contribution in [0.25, 0.3) is 10.9 Å². The highest BCUT2D eigenvalue weighted by Crippen LogP contribution is 2.36. The number of aromatic amines is 1. The minimum atomic E-state index is -1.02. The number of ketones is 2. The maximum absolute atomic E-state index is 12.9. The molecule has 0 radical (unpaired) electrons. The number of para-hydroxylation sites is 1. The van der Waals surface area contributed by atoms with E-state index < -0.39 is 28.8 Å². The molecule has 1 N–H and O–H groups in total. The molecule has 1 aliphatic carbocycles. The third kappa shape index (κ3) is 4.21. The predicted molar refractivity (Wildman–Crippen MR) is 105 cm³/mol. The summed E-state index contributed by atoms with van der Waals surface area (Å²) in [6, 6.07) is 7.36. The minimum absolute atomic E-state index is 0.154. The maximum Gasteiger partial charge on any atom is 0.307 e. The molecule has 1 heterocycles. The average Bonchev–Trinajstić information content (AvgIpc) is 3.10. The Balaban J connectivity index is 1.70. The second kappa shape index (κ2) is 8.14. The Hall–Kier alpha value is -3.03. The van der Waals surface area contributed by atoms with Crippen molar-refractivity contribution in [3.8, 4) is 0 Å². The topological polar surface area (TPSA) is 119 Å². The number of aromatic nitrogens is 1. The Morgan fingerprint density at radius 1 is 1.34 bits per heavy atom. The fourth-order valence-electron chi connectivity index (χ4n) is 4.28. The first kappa shape index (κ1) is 20.7. The molecule has 29 heavy (non-hydrogen) atoms. The van der Waals surface area contributed by atoms with Crippen LogP contribution in [0.4, 0.5) is 0 Å². The fourth-order valence-corrected chi connectivity index (χ4v) is 4.28. The Morgan fingerprint density at radius 2 is 2.03 bits per heavy atom. The first-order valence-electron chi connectivity index (χ1n) is 9.64. The second-order valence-electron chi connectivity index (χ2n) is 7.80.